The Morgan fingerprint density at radius 3 is 1.53 bits per heavy atom. The molecular weight excluding hydrogens is 861 g/mol. The molecule has 0 saturated carbocycles. The first-order valence-corrected chi connectivity index (χ1v) is 27.1. The van der Waals surface area contributed by atoms with Gasteiger partial charge in [0.05, 0.1) is 19.8 Å². The molecule has 0 aromatic heterocycles. The van der Waals surface area contributed by atoms with Gasteiger partial charge < -0.3 is 34.3 Å². The van der Waals surface area contributed by atoms with E-state index < -0.39 is 59.8 Å². The van der Waals surface area contributed by atoms with Gasteiger partial charge in [0, 0.05) is 13.0 Å². The highest BCUT2D eigenvalue weighted by Gasteiger charge is 2.48. The molecule has 0 spiro atoms. The lowest BCUT2D eigenvalue weighted by atomic mass is 9.99. The first-order valence-electron chi connectivity index (χ1n) is 25.7. The fourth-order valence-corrected chi connectivity index (χ4v) is 7.97. The Hall–Kier alpha value is -2.46. The van der Waals surface area contributed by atoms with Gasteiger partial charge in [-0.1, -0.05) is 177 Å². The van der Waals surface area contributed by atoms with Crippen molar-refractivity contribution >= 4 is 16.4 Å². The molecule has 4 N–H and O–H groups in total. The molecule has 66 heavy (non-hydrogen) atoms. The molecule has 0 radical (unpaired) electrons. The number of aliphatic hydroxyl groups excluding tert-OH is 3. The number of carbonyl (C=O) groups excluding carboxylic acids is 1. The summed E-state index contributed by atoms with van der Waals surface area (Å²) in [4.78, 5) is 12.9. The second-order valence-corrected chi connectivity index (χ2v) is 18.4. The topological polar surface area (TPSA) is 178 Å². The van der Waals surface area contributed by atoms with Gasteiger partial charge in [-0.05, 0) is 83.5 Å². The smallest absolute Gasteiger partial charge is 0.397 e. The number of hydrogen-bond donors (Lipinski definition) is 4. The van der Waals surface area contributed by atoms with Crippen LogP contribution in [-0.4, -0.2) is 97.5 Å². The average Bonchev–Trinajstić information content (AvgIpc) is 3.29. The third kappa shape index (κ3) is 36.6. The number of aliphatic hydroxyl groups is 3. The Morgan fingerprint density at radius 1 is 0.591 bits per heavy atom. The lowest BCUT2D eigenvalue weighted by Gasteiger charge is -2.41. The van der Waals surface area contributed by atoms with Crippen molar-refractivity contribution < 1.29 is 56.2 Å². The zero-order chi connectivity index (χ0) is 48.2. The summed E-state index contributed by atoms with van der Waals surface area (Å²) in [5, 5.41) is 30.7. The van der Waals surface area contributed by atoms with Crippen molar-refractivity contribution in [2.75, 3.05) is 26.4 Å². The summed E-state index contributed by atoms with van der Waals surface area (Å²) in [5.74, 6) is -0.415. The van der Waals surface area contributed by atoms with Crippen molar-refractivity contribution in [2.45, 2.75) is 230 Å². The molecule has 382 valence electrons. The Kier molecular flexibility index (Phi) is 40.8. The highest BCUT2D eigenvalue weighted by molar-refractivity contribution is 7.80. The van der Waals surface area contributed by atoms with Crippen LogP contribution in [0.25, 0.3) is 0 Å². The molecule has 1 fully saturated rings. The van der Waals surface area contributed by atoms with Crippen molar-refractivity contribution in [1.29, 1.82) is 0 Å². The molecule has 1 saturated heterocycles. The summed E-state index contributed by atoms with van der Waals surface area (Å²) in [6.45, 7) is 3.79. The molecule has 0 aliphatic carbocycles. The van der Waals surface area contributed by atoms with E-state index in [9.17, 15) is 33.1 Å². The van der Waals surface area contributed by atoms with Crippen molar-refractivity contribution in [3.63, 3.8) is 0 Å². The molecule has 0 bridgehead atoms. The maximum absolute atomic E-state index is 12.9. The van der Waals surface area contributed by atoms with Gasteiger partial charge in [0.1, 0.15) is 30.5 Å². The van der Waals surface area contributed by atoms with Gasteiger partial charge in [0.15, 0.2) is 6.29 Å². The van der Waals surface area contributed by atoms with Crippen molar-refractivity contribution in [2.24, 2.45) is 0 Å². The Morgan fingerprint density at radius 2 is 1.05 bits per heavy atom. The van der Waals surface area contributed by atoms with E-state index in [0.717, 1.165) is 77.0 Å². The highest BCUT2D eigenvalue weighted by atomic mass is 32.3. The normalized spacial score (nSPS) is 20.1. The van der Waals surface area contributed by atoms with Crippen LogP contribution >= 0.6 is 0 Å². The van der Waals surface area contributed by atoms with Crippen LogP contribution in [0.15, 0.2) is 72.9 Å². The standard InChI is InChI=1S/C53H92O12S/c1-3-5-7-9-11-13-15-17-19-21-22-23-24-25-26-27-28-30-32-34-36-38-40-42-49(55)63-47(46-62-53-51(57)52(65-66(58,59)60)50(56)48(44-54)64-53)45-61-43-41-39-37-35-33-31-29-20-18-16-14-12-10-8-6-4-2/h6,8,12,14-15,17-18,20-22,31,33,47-48,50-54,56-57H,3-5,7,9-11,13,16,19,23-30,32,34-46H2,1-2H3,(H,58,59,60)/b8-6-,14-12-,17-15-,20-18-,22-21-,33-31-. The maximum Gasteiger partial charge on any atom is 0.397 e. The highest BCUT2D eigenvalue weighted by Crippen LogP contribution is 2.26. The number of ether oxygens (including phenoxy) is 4. The monoisotopic (exact) mass is 953 g/mol. The average molecular weight is 953 g/mol. The Balaban J connectivity index is 2.37. The summed E-state index contributed by atoms with van der Waals surface area (Å²) in [6.07, 6.45) is 47.9. The molecule has 6 atom stereocenters. The van der Waals surface area contributed by atoms with Crippen LogP contribution in [0.3, 0.4) is 0 Å². The van der Waals surface area contributed by atoms with Crippen molar-refractivity contribution in [3.8, 4) is 0 Å². The predicted molar refractivity (Wildman–Crippen MR) is 266 cm³/mol. The van der Waals surface area contributed by atoms with E-state index in [2.05, 4.69) is 90.9 Å². The maximum atomic E-state index is 12.9. The quantitative estimate of drug-likeness (QED) is 0.0197. The zero-order valence-electron chi connectivity index (χ0n) is 41.0. The second kappa shape index (κ2) is 43.8. The van der Waals surface area contributed by atoms with Crippen molar-refractivity contribution in [1.82, 2.24) is 0 Å². The summed E-state index contributed by atoms with van der Waals surface area (Å²) < 4.78 is 59.2. The third-order valence-electron chi connectivity index (χ3n) is 11.3. The summed E-state index contributed by atoms with van der Waals surface area (Å²) >= 11 is 0. The molecule has 1 aliphatic heterocycles. The Labute approximate surface area is 401 Å². The second-order valence-electron chi connectivity index (χ2n) is 17.4. The van der Waals surface area contributed by atoms with Crippen LogP contribution in [-0.2, 0) is 38.3 Å². The summed E-state index contributed by atoms with van der Waals surface area (Å²) in [6, 6.07) is 0. The van der Waals surface area contributed by atoms with Crippen LogP contribution in [0.4, 0.5) is 0 Å². The van der Waals surface area contributed by atoms with Gasteiger partial charge >= 0.3 is 16.4 Å². The minimum absolute atomic E-state index is 0.0106. The molecule has 0 aromatic rings. The fourth-order valence-electron chi connectivity index (χ4n) is 7.46. The number of esters is 1. The number of allylic oxidation sites excluding steroid dienone is 12. The molecular formula is C53H92O12S. The summed E-state index contributed by atoms with van der Waals surface area (Å²) in [5.41, 5.74) is 0. The molecule has 12 nitrogen and oxygen atoms in total. The SMILES string of the molecule is CC/C=C\C/C=C\C/C=C\C/C=C\CCCCCOCC(COC1OC(CO)C(O)C(OS(=O)(=O)O)C1O)OC(=O)CCCCCCCCCCCCC/C=C\C/C=C\CCCCCCC. The number of carbonyl (C=O) groups is 1. The van der Waals surface area contributed by atoms with Crippen LogP contribution in [0.1, 0.15) is 194 Å². The third-order valence-corrected chi connectivity index (χ3v) is 11.8. The van der Waals surface area contributed by atoms with Gasteiger partial charge in [-0.3, -0.25) is 9.35 Å². The molecule has 6 unspecified atom stereocenters. The Bertz CT molecular complexity index is 1420. The first-order chi connectivity index (χ1) is 32.1. The number of hydrogen-bond acceptors (Lipinski definition) is 11. The van der Waals surface area contributed by atoms with Gasteiger partial charge in [-0.15, -0.1) is 0 Å². The van der Waals surface area contributed by atoms with E-state index in [1.165, 1.54) is 89.9 Å². The molecule has 13 heteroatoms. The lowest BCUT2D eigenvalue weighted by Crippen LogP contribution is -2.60. The van der Waals surface area contributed by atoms with Gasteiger partial charge in [-0.25, -0.2) is 4.18 Å². The van der Waals surface area contributed by atoms with E-state index in [4.69, 9.17) is 18.9 Å². The molecule has 1 aliphatic rings. The zero-order valence-corrected chi connectivity index (χ0v) is 41.8. The van der Waals surface area contributed by atoms with Gasteiger partial charge in [0.2, 0.25) is 0 Å². The lowest BCUT2D eigenvalue weighted by molar-refractivity contribution is -0.301. The minimum Gasteiger partial charge on any atom is -0.457 e. The number of unbranched alkanes of at least 4 members (excludes halogenated alkanes) is 19. The van der Waals surface area contributed by atoms with E-state index >= 15 is 0 Å². The van der Waals surface area contributed by atoms with E-state index in [1.807, 2.05) is 0 Å². The molecule has 1 heterocycles. The molecule has 0 amide bonds. The fraction of sp³-hybridized carbons (Fsp3) is 0.755. The van der Waals surface area contributed by atoms with E-state index in [0.29, 0.717) is 13.0 Å². The van der Waals surface area contributed by atoms with Crippen molar-refractivity contribution in [3.05, 3.63) is 72.9 Å². The molecule has 0 aromatic carbocycles. The van der Waals surface area contributed by atoms with E-state index in [1.54, 1.807) is 0 Å². The first kappa shape index (κ1) is 61.6. The summed E-state index contributed by atoms with van der Waals surface area (Å²) in [7, 11) is -5.07. The minimum atomic E-state index is -5.07. The van der Waals surface area contributed by atoms with Gasteiger partial charge in [-0.2, -0.15) is 8.42 Å². The predicted octanol–water partition coefficient (Wildman–Crippen LogP) is 11.9. The van der Waals surface area contributed by atoms with E-state index in [-0.39, 0.29) is 19.6 Å². The van der Waals surface area contributed by atoms with Crippen LogP contribution in [0.5, 0.6) is 0 Å². The van der Waals surface area contributed by atoms with Crippen LogP contribution in [0.2, 0.25) is 0 Å². The van der Waals surface area contributed by atoms with Crippen LogP contribution < -0.4 is 0 Å². The largest absolute Gasteiger partial charge is 0.457 e. The molecule has 1 rings (SSSR count). The number of rotatable bonds is 44. The van der Waals surface area contributed by atoms with Crippen LogP contribution in [0, 0.1) is 0 Å². The van der Waals surface area contributed by atoms with Gasteiger partial charge in [0.25, 0.3) is 0 Å².